The Morgan fingerprint density at radius 2 is 1.81 bits per heavy atom. The van der Waals surface area contributed by atoms with Crippen LogP contribution in [0.25, 0.3) is 0 Å². The number of aryl methyl sites for hydroxylation is 2. The summed E-state index contributed by atoms with van der Waals surface area (Å²) in [4.78, 5) is 3.83. The molecule has 1 aromatic heterocycles. The number of hydrogen-bond donors (Lipinski definition) is 0. The van der Waals surface area contributed by atoms with Gasteiger partial charge < -0.3 is 9.31 Å². The van der Waals surface area contributed by atoms with E-state index in [4.69, 9.17) is 17.5 Å². The molecule has 0 unspecified atom stereocenters. The van der Waals surface area contributed by atoms with Gasteiger partial charge in [-0.3, -0.25) is 0 Å². The highest BCUT2D eigenvalue weighted by Gasteiger charge is 2.52. The van der Waals surface area contributed by atoms with Crippen LogP contribution in [0.3, 0.4) is 0 Å². The van der Waals surface area contributed by atoms with Gasteiger partial charge in [-0.15, -0.1) is 11.3 Å². The van der Waals surface area contributed by atoms with Gasteiger partial charge in [0.15, 0.2) is 0 Å². The summed E-state index contributed by atoms with van der Waals surface area (Å²) < 4.78 is 56.9. The van der Waals surface area contributed by atoms with Crippen molar-refractivity contribution in [3.8, 4) is 0 Å². The topological polar surface area (TPSA) is 31.4 Å². The van der Waals surface area contributed by atoms with Crippen molar-refractivity contribution in [1.29, 1.82) is 0 Å². The Hall–Kier alpha value is -0.385. The molecule has 1 saturated heterocycles. The van der Waals surface area contributed by atoms with E-state index in [2.05, 4.69) is 4.98 Å². The van der Waals surface area contributed by atoms with Gasteiger partial charge in [0.25, 0.3) is 0 Å². The summed E-state index contributed by atoms with van der Waals surface area (Å²) in [5.74, 6) is 0. The third-order valence-electron chi connectivity index (χ3n) is 3.12. The minimum absolute atomic E-state index is 0.199. The summed E-state index contributed by atoms with van der Waals surface area (Å²) in [7, 11) is -0.936. The van der Waals surface area contributed by atoms with Crippen LogP contribution < -0.4 is 4.78 Å². The molecule has 0 N–H and O–H groups in total. The molecule has 1 aliphatic rings. The molecule has 1 fully saturated rings. The Kier molecular flexibility index (Phi) is 1.45. The Balaban J connectivity index is 2.50. The number of aromatic nitrogens is 1. The molecular formula is C11H18BNO2S. The van der Waals surface area contributed by atoms with Crippen LogP contribution >= 0.6 is 11.3 Å². The molecule has 0 bridgehead atoms. The van der Waals surface area contributed by atoms with Crippen molar-refractivity contribution in [3.05, 3.63) is 10.7 Å². The van der Waals surface area contributed by atoms with Crippen molar-refractivity contribution in [2.45, 2.75) is 52.6 Å². The van der Waals surface area contributed by atoms with Gasteiger partial charge in [-0.25, -0.2) is 4.98 Å². The second-order valence-electron chi connectivity index (χ2n) is 4.82. The predicted octanol–water partition coefficient (Wildman–Crippen LogP) is 2.06. The molecule has 3 nitrogen and oxygen atoms in total. The van der Waals surface area contributed by atoms with Gasteiger partial charge in [-0.1, -0.05) is 0 Å². The SMILES string of the molecule is [2H]C([2H])([2H])c1nc(C([2H])([2H])[2H])c(B2OC(C)(C)C(C)(C)O2)s1. The summed E-state index contributed by atoms with van der Waals surface area (Å²) in [6, 6.07) is 0. The van der Waals surface area contributed by atoms with Gasteiger partial charge in [0, 0.05) is 13.9 Å². The molecule has 0 saturated carbocycles. The van der Waals surface area contributed by atoms with E-state index in [0.717, 1.165) is 11.3 Å². The maximum Gasteiger partial charge on any atom is 0.507 e. The lowest BCUT2D eigenvalue weighted by atomic mass is 9.86. The van der Waals surface area contributed by atoms with Crippen molar-refractivity contribution in [2.24, 2.45) is 0 Å². The molecule has 0 aromatic carbocycles. The van der Waals surface area contributed by atoms with Gasteiger partial charge in [0.2, 0.25) is 0 Å². The van der Waals surface area contributed by atoms with Crippen molar-refractivity contribution in [3.63, 3.8) is 0 Å². The first-order chi connectivity index (χ1) is 9.65. The molecule has 0 atom stereocenters. The molecule has 2 heterocycles. The first kappa shape index (κ1) is 6.52. The minimum Gasteiger partial charge on any atom is -0.399 e. The van der Waals surface area contributed by atoms with E-state index < -0.39 is 32.0 Å². The van der Waals surface area contributed by atoms with Crippen molar-refractivity contribution < 1.29 is 17.5 Å². The van der Waals surface area contributed by atoms with Crippen LogP contribution in [0.2, 0.25) is 0 Å². The molecule has 88 valence electrons. The molecule has 0 amide bonds. The summed E-state index contributed by atoms with van der Waals surface area (Å²) >= 11 is 0.808. The van der Waals surface area contributed by atoms with E-state index in [1.165, 1.54) is 0 Å². The molecule has 2 rings (SSSR count). The second kappa shape index (κ2) is 3.55. The van der Waals surface area contributed by atoms with Crippen LogP contribution in [0.15, 0.2) is 0 Å². The molecule has 5 heteroatoms. The van der Waals surface area contributed by atoms with Gasteiger partial charge in [0.1, 0.15) is 0 Å². The standard InChI is InChI=1S/C11H18BNO2S/c1-7-9(16-8(2)13-7)12-14-10(3,4)11(5,6)15-12/h1-6H3/i1D3,2D3. The predicted molar refractivity (Wildman–Crippen MR) is 67.3 cm³/mol. The minimum atomic E-state index is -2.53. The van der Waals surface area contributed by atoms with Crippen LogP contribution in [0.5, 0.6) is 0 Å². The average molecular weight is 245 g/mol. The van der Waals surface area contributed by atoms with Gasteiger partial charge in [0.05, 0.1) is 21.0 Å². The third kappa shape index (κ3) is 1.81. The van der Waals surface area contributed by atoms with Crippen LogP contribution in [-0.2, 0) is 9.31 Å². The molecular weight excluding hydrogens is 221 g/mol. The van der Waals surface area contributed by atoms with Crippen LogP contribution in [0, 0.1) is 13.7 Å². The summed E-state index contributed by atoms with van der Waals surface area (Å²) in [5.41, 5.74) is -1.55. The number of thiazole rings is 1. The lowest BCUT2D eigenvalue weighted by molar-refractivity contribution is 0.00578. The van der Waals surface area contributed by atoms with E-state index in [-0.39, 0.29) is 15.5 Å². The lowest BCUT2D eigenvalue weighted by Crippen LogP contribution is -2.41. The van der Waals surface area contributed by atoms with Crippen LogP contribution in [0.4, 0.5) is 0 Å². The van der Waals surface area contributed by atoms with E-state index in [1.807, 2.05) is 27.7 Å². The van der Waals surface area contributed by atoms with E-state index in [9.17, 15) is 0 Å². The first-order valence-electron chi connectivity index (χ1n) is 8.02. The second-order valence-corrected chi connectivity index (χ2v) is 5.85. The average Bonchev–Trinajstić information content (AvgIpc) is 2.77. The fourth-order valence-corrected chi connectivity index (χ4v) is 2.12. The smallest absolute Gasteiger partial charge is 0.399 e. The zero-order chi connectivity index (χ0) is 17.1. The van der Waals surface area contributed by atoms with Crippen LogP contribution in [-0.4, -0.2) is 23.3 Å². The van der Waals surface area contributed by atoms with E-state index in [1.54, 1.807) is 0 Å². The Morgan fingerprint density at radius 3 is 2.31 bits per heavy atom. The van der Waals surface area contributed by atoms with Gasteiger partial charge in [-0.05, 0) is 41.4 Å². The zero-order valence-electron chi connectivity index (χ0n) is 15.7. The summed E-state index contributed by atoms with van der Waals surface area (Å²) in [6.45, 7) is 2.37. The maximum atomic E-state index is 7.58. The summed E-state index contributed by atoms with van der Waals surface area (Å²) in [6.07, 6.45) is 0. The summed E-state index contributed by atoms with van der Waals surface area (Å²) in [5, 5.41) is -0.219. The highest BCUT2D eigenvalue weighted by atomic mass is 32.1. The molecule has 16 heavy (non-hydrogen) atoms. The molecule has 0 aliphatic carbocycles. The van der Waals surface area contributed by atoms with Crippen molar-refractivity contribution in [1.82, 2.24) is 4.98 Å². The quantitative estimate of drug-likeness (QED) is 0.710. The monoisotopic (exact) mass is 245 g/mol. The maximum absolute atomic E-state index is 7.58. The van der Waals surface area contributed by atoms with Crippen LogP contribution in [0.1, 0.15) is 46.6 Å². The van der Waals surface area contributed by atoms with Crippen molar-refractivity contribution >= 4 is 23.2 Å². The number of hydrogen-bond acceptors (Lipinski definition) is 4. The fraction of sp³-hybridized carbons (Fsp3) is 0.727. The molecule has 1 aliphatic heterocycles. The van der Waals surface area contributed by atoms with E-state index in [0.29, 0.717) is 0 Å². The van der Waals surface area contributed by atoms with Crippen molar-refractivity contribution in [2.75, 3.05) is 0 Å². The fourth-order valence-electron chi connectivity index (χ4n) is 1.44. The molecule has 0 radical (unpaired) electrons. The Morgan fingerprint density at radius 1 is 1.19 bits per heavy atom. The number of nitrogens with zero attached hydrogens (tertiary/aromatic N) is 1. The Bertz CT molecular complexity index is 564. The third-order valence-corrected chi connectivity index (χ3v) is 4.01. The lowest BCUT2D eigenvalue weighted by Gasteiger charge is -2.32. The highest BCUT2D eigenvalue weighted by molar-refractivity contribution is 7.22. The molecule has 0 spiro atoms. The van der Waals surface area contributed by atoms with E-state index >= 15 is 0 Å². The normalized spacial score (nSPS) is 29.9. The first-order valence-corrected chi connectivity index (χ1v) is 5.84. The zero-order valence-corrected chi connectivity index (χ0v) is 10.6. The molecule has 1 aromatic rings. The highest BCUT2D eigenvalue weighted by Crippen LogP contribution is 2.37. The number of rotatable bonds is 1. The Labute approximate surface area is 110 Å². The van der Waals surface area contributed by atoms with Gasteiger partial charge in [-0.2, -0.15) is 0 Å². The largest absolute Gasteiger partial charge is 0.507 e. The van der Waals surface area contributed by atoms with Gasteiger partial charge >= 0.3 is 7.12 Å².